The largest absolute Gasteiger partial charge is 0.463 e. The van der Waals surface area contributed by atoms with Gasteiger partial charge in [0.25, 0.3) is 0 Å². The molecular weight excluding hydrogens is 775 g/mol. The van der Waals surface area contributed by atoms with Gasteiger partial charge in [0.05, 0.1) is 26.2 Å². The monoisotopic (exact) mass is 882 g/mol. The summed E-state index contributed by atoms with van der Waals surface area (Å²) in [5, 5.41) is 0. The van der Waals surface area contributed by atoms with Gasteiger partial charge in [-0.2, -0.15) is 0 Å². The highest BCUT2D eigenvalue weighted by molar-refractivity contribution is 5.75. The van der Waals surface area contributed by atoms with Crippen molar-refractivity contribution in [3.05, 3.63) is 0 Å². The maximum absolute atomic E-state index is 12.7. The van der Waals surface area contributed by atoms with E-state index in [4.69, 9.17) is 23.7 Å². The van der Waals surface area contributed by atoms with Gasteiger partial charge >= 0.3 is 5.97 Å². The molecule has 1 atom stereocenters. The van der Waals surface area contributed by atoms with Crippen LogP contribution in [0, 0.1) is 0 Å². The molecular formula is C54H107NO7. The van der Waals surface area contributed by atoms with Gasteiger partial charge in [0.2, 0.25) is 5.91 Å². The number of hydrogen-bond acceptors (Lipinski definition) is 7. The Hall–Kier alpha value is -1.22. The van der Waals surface area contributed by atoms with Crippen molar-refractivity contribution in [3.63, 3.8) is 0 Å². The van der Waals surface area contributed by atoms with Gasteiger partial charge in [0.15, 0.2) is 0 Å². The minimum atomic E-state index is -0.308. The Bertz CT molecular complexity index is 889. The molecule has 0 bridgehead atoms. The molecule has 8 heteroatoms. The first-order valence-electron chi connectivity index (χ1n) is 27.2. The molecule has 0 aromatic carbocycles. The molecule has 0 aliphatic heterocycles. The zero-order chi connectivity index (χ0) is 45.1. The van der Waals surface area contributed by atoms with Crippen molar-refractivity contribution in [1.29, 1.82) is 0 Å². The van der Waals surface area contributed by atoms with Crippen molar-refractivity contribution in [3.8, 4) is 0 Å². The number of carbonyl (C=O) groups is 2. The molecule has 0 spiro atoms. The molecule has 370 valence electrons. The molecule has 0 aliphatic rings. The molecule has 62 heavy (non-hydrogen) atoms. The van der Waals surface area contributed by atoms with Crippen LogP contribution in [0.1, 0.15) is 265 Å². The molecule has 1 amide bonds. The molecule has 0 heterocycles. The second-order valence-corrected chi connectivity index (χ2v) is 18.5. The van der Waals surface area contributed by atoms with E-state index in [-0.39, 0.29) is 31.0 Å². The van der Waals surface area contributed by atoms with Gasteiger partial charge in [-0.1, -0.05) is 232 Å². The molecule has 1 unspecified atom stereocenters. The highest BCUT2D eigenvalue weighted by Crippen LogP contribution is 2.16. The van der Waals surface area contributed by atoms with Crippen LogP contribution in [0.3, 0.4) is 0 Å². The lowest BCUT2D eigenvalue weighted by Crippen LogP contribution is -2.33. The highest BCUT2D eigenvalue weighted by Gasteiger charge is 2.16. The fraction of sp³-hybridized carbons (Fsp3) is 0.963. The van der Waals surface area contributed by atoms with E-state index in [1.807, 2.05) is 0 Å². The Morgan fingerprint density at radius 2 is 0.774 bits per heavy atom. The van der Waals surface area contributed by atoms with Gasteiger partial charge in [-0.15, -0.1) is 0 Å². The lowest BCUT2D eigenvalue weighted by molar-refractivity contribution is -0.150. The molecule has 0 aromatic rings. The van der Waals surface area contributed by atoms with Gasteiger partial charge in [0, 0.05) is 46.9 Å². The molecule has 0 rings (SSSR count). The number of carbonyl (C=O) groups excluding carboxylic acids is 2. The first-order valence-corrected chi connectivity index (χ1v) is 27.2. The maximum atomic E-state index is 12.7. The van der Waals surface area contributed by atoms with E-state index >= 15 is 0 Å². The minimum absolute atomic E-state index is 0.0479. The number of ether oxygens (including phenoxy) is 5. The van der Waals surface area contributed by atoms with Crippen molar-refractivity contribution < 1.29 is 33.3 Å². The number of esters is 1. The van der Waals surface area contributed by atoms with Crippen LogP contribution < -0.4 is 0 Å². The zero-order valence-corrected chi connectivity index (χ0v) is 42.1. The molecule has 0 N–H and O–H groups in total. The quantitative estimate of drug-likeness (QED) is 0.0444. The summed E-state index contributed by atoms with van der Waals surface area (Å²) in [4.78, 5) is 26.6. The first kappa shape index (κ1) is 60.8. The van der Waals surface area contributed by atoms with Gasteiger partial charge < -0.3 is 28.6 Å². The van der Waals surface area contributed by atoms with Crippen LogP contribution in [0.4, 0.5) is 0 Å². The second-order valence-electron chi connectivity index (χ2n) is 18.5. The Balaban J connectivity index is 4.22. The summed E-state index contributed by atoms with van der Waals surface area (Å²) >= 11 is 0. The standard InChI is InChI=1S/C54H107NO7/c1-5-7-9-11-13-15-17-19-21-23-25-27-29-31-33-35-37-39-45-60-50-53(51-62-54(57)42-44-55(52(3)56)43-41-46-59-49-48-58-4)61-47-40-38-36-34-32-30-28-26-24-22-20-18-16-14-12-10-8-6-2/h53H,5-51H2,1-4H3. The van der Waals surface area contributed by atoms with Gasteiger partial charge in [0.1, 0.15) is 12.7 Å². The molecule has 0 fully saturated rings. The van der Waals surface area contributed by atoms with E-state index in [2.05, 4.69) is 13.8 Å². The third-order valence-corrected chi connectivity index (χ3v) is 12.4. The van der Waals surface area contributed by atoms with Crippen LogP contribution in [-0.2, 0) is 33.3 Å². The molecule has 0 aromatic heterocycles. The highest BCUT2D eigenvalue weighted by atomic mass is 16.6. The number of methoxy groups -OCH3 is 1. The molecule has 8 nitrogen and oxygen atoms in total. The topological polar surface area (TPSA) is 83.5 Å². The van der Waals surface area contributed by atoms with Crippen LogP contribution in [-0.4, -0.2) is 89.3 Å². The summed E-state index contributed by atoms with van der Waals surface area (Å²) in [6.07, 6.45) is 49.6. The second kappa shape index (κ2) is 52.4. The Kier molecular flexibility index (Phi) is 51.4. The molecule has 0 saturated carbocycles. The van der Waals surface area contributed by atoms with Gasteiger partial charge in [-0.3, -0.25) is 9.59 Å². The lowest BCUT2D eigenvalue weighted by atomic mass is 10.0. The SMILES string of the molecule is CCCCCCCCCCCCCCCCCCCCOCC(COC(=O)CCN(CCCOCCOC)C(C)=O)OCCCCCCCCCCCCCCCCCCCC. The fourth-order valence-corrected chi connectivity index (χ4v) is 8.23. The van der Waals surface area contributed by atoms with E-state index in [9.17, 15) is 9.59 Å². The van der Waals surface area contributed by atoms with E-state index in [1.54, 1.807) is 18.9 Å². The molecule has 0 radical (unpaired) electrons. The summed E-state index contributed by atoms with van der Waals surface area (Å²) in [7, 11) is 1.65. The van der Waals surface area contributed by atoms with Gasteiger partial charge in [-0.25, -0.2) is 0 Å². The molecule has 0 saturated heterocycles. The maximum Gasteiger partial charge on any atom is 0.307 e. The van der Waals surface area contributed by atoms with Crippen LogP contribution in [0.15, 0.2) is 0 Å². The van der Waals surface area contributed by atoms with Crippen molar-refractivity contribution in [2.24, 2.45) is 0 Å². The van der Waals surface area contributed by atoms with Gasteiger partial charge in [-0.05, 0) is 19.3 Å². The Morgan fingerprint density at radius 3 is 1.16 bits per heavy atom. The van der Waals surface area contributed by atoms with E-state index in [0.717, 1.165) is 12.8 Å². The third-order valence-electron chi connectivity index (χ3n) is 12.4. The summed E-state index contributed by atoms with van der Waals surface area (Å²) < 4.78 is 28.5. The van der Waals surface area contributed by atoms with Crippen LogP contribution in [0.5, 0.6) is 0 Å². The average molecular weight is 882 g/mol. The van der Waals surface area contributed by atoms with Crippen LogP contribution in [0.2, 0.25) is 0 Å². The average Bonchev–Trinajstić information content (AvgIpc) is 3.27. The normalized spacial score (nSPS) is 12.0. The predicted octanol–water partition coefficient (Wildman–Crippen LogP) is 15.3. The first-order chi connectivity index (χ1) is 30.5. The summed E-state index contributed by atoms with van der Waals surface area (Å²) in [6, 6.07) is 0. The van der Waals surface area contributed by atoms with E-state index in [1.165, 1.54) is 218 Å². The number of unbranched alkanes of at least 4 members (excludes halogenated alkanes) is 34. The zero-order valence-electron chi connectivity index (χ0n) is 42.1. The summed E-state index contributed by atoms with van der Waals surface area (Å²) in [5.74, 6) is -0.355. The lowest BCUT2D eigenvalue weighted by Gasteiger charge is -2.21. The van der Waals surface area contributed by atoms with Crippen molar-refractivity contribution in [2.45, 2.75) is 271 Å². The van der Waals surface area contributed by atoms with Crippen molar-refractivity contribution in [2.75, 3.05) is 66.4 Å². The van der Waals surface area contributed by atoms with Crippen molar-refractivity contribution in [1.82, 2.24) is 4.90 Å². The van der Waals surface area contributed by atoms with Crippen LogP contribution in [0.25, 0.3) is 0 Å². The molecule has 0 aliphatic carbocycles. The van der Waals surface area contributed by atoms with Crippen LogP contribution >= 0.6 is 0 Å². The van der Waals surface area contributed by atoms with E-state index < -0.39 is 0 Å². The summed E-state index contributed by atoms with van der Waals surface area (Å²) in [6.45, 7) is 10.7. The fourth-order valence-electron chi connectivity index (χ4n) is 8.23. The smallest absolute Gasteiger partial charge is 0.307 e. The number of amides is 1. The number of hydrogen-bond donors (Lipinski definition) is 0. The summed E-state index contributed by atoms with van der Waals surface area (Å²) in [5.41, 5.74) is 0. The Morgan fingerprint density at radius 1 is 0.403 bits per heavy atom. The Labute approximate surface area is 386 Å². The number of nitrogens with zero attached hydrogens (tertiary/aromatic N) is 1. The third kappa shape index (κ3) is 48.2. The van der Waals surface area contributed by atoms with Crippen molar-refractivity contribution >= 4 is 11.9 Å². The van der Waals surface area contributed by atoms with E-state index in [0.29, 0.717) is 59.2 Å². The minimum Gasteiger partial charge on any atom is -0.463 e. The number of rotatable bonds is 53. The predicted molar refractivity (Wildman–Crippen MR) is 263 cm³/mol.